The Kier molecular flexibility index (Phi) is 23.1. The Morgan fingerprint density at radius 1 is 0.682 bits per heavy atom. The summed E-state index contributed by atoms with van der Waals surface area (Å²) < 4.78 is 33.2. The van der Waals surface area contributed by atoms with Crippen molar-refractivity contribution >= 4 is 8.32 Å². The third-order valence-corrected chi connectivity index (χ3v) is 15.3. The van der Waals surface area contributed by atoms with Crippen molar-refractivity contribution in [3.63, 3.8) is 0 Å². The van der Waals surface area contributed by atoms with Gasteiger partial charge in [-0.3, -0.25) is 0 Å². The number of rotatable bonds is 28. The average molecular weight is 634 g/mol. The number of nitrogens with zero attached hydrogens (tertiary/aromatic N) is 1. The van der Waals surface area contributed by atoms with Crippen LogP contribution in [0.1, 0.15) is 162 Å². The van der Waals surface area contributed by atoms with Crippen molar-refractivity contribution in [2.45, 2.75) is 181 Å². The number of unbranched alkanes of at least 4 members (excludes halogenated alkanes) is 15. The molecule has 4 nitrogen and oxygen atoms in total. The highest BCUT2D eigenvalue weighted by atomic mass is 28.4. The van der Waals surface area contributed by atoms with Gasteiger partial charge in [0, 0.05) is 6.61 Å². The van der Waals surface area contributed by atoms with E-state index < -0.39 is 14.1 Å². The second kappa shape index (κ2) is 24.9. The molecule has 0 fully saturated rings. The van der Waals surface area contributed by atoms with Crippen LogP contribution in [0, 0.1) is 17.1 Å². The summed E-state index contributed by atoms with van der Waals surface area (Å²) in [5.74, 6) is -0.416. The molecule has 0 spiro atoms. The van der Waals surface area contributed by atoms with Gasteiger partial charge in [0.05, 0.1) is 31.5 Å². The average Bonchev–Trinajstić information content (AvgIpc) is 2.98. The van der Waals surface area contributed by atoms with E-state index in [2.05, 4.69) is 48.5 Å². The van der Waals surface area contributed by atoms with Crippen molar-refractivity contribution in [2.24, 2.45) is 0 Å². The molecule has 0 aromatic heterocycles. The molecule has 1 aromatic rings. The summed E-state index contributed by atoms with van der Waals surface area (Å²) in [6.07, 6.45) is 21.4. The molecule has 0 amide bonds. The highest BCUT2D eigenvalue weighted by molar-refractivity contribution is 6.77. The number of hydrogen-bond acceptors (Lipinski definition) is 4. The first-order chi connectivity index (χ1) is 21.2. The van der Waals surface area contributed by atoms with Crippen molar-refractivity contribution in [2.75, 3.05) is 19.8 Å². The maximum Gasteiger partial charge on any atom is 0.200 e. The molecule has 0 N–H and O–H groups in total. The molecule has 0 heterocycles. The van der Waals surface area contributed by atoms with E-state index in [0.717, 1.165) is 13.0 Å². The smallest absolute Gasteiger partial charge is 0.200 e. The van der Waals surface area contributed by atoms with E-state index in [-0.39, 0.29) is 12.7 Å². The third kappa shape index (κ3) is 16.9. The van der Waals surface area contributed by atoms with Crippen LogP contribution in [0.4, 0.5) is 4.39 Å². The molecule has 0 aliphatic carbocycles. The van der Waals surface area contributed by atoms with Gasteiger partial charge in [0.25, 0.3) is 0 Å². The van der Waals surface area contributed by atoms with Crippen molar-refractivity contribution in [3.05, 3.63) is 35.1 Å². The number of benzene rings is 1. The molecule has 0 aliphatic heterocycles. The lowest BCUT2D eigenvalue weighted by Crippen LogP contribution is -2.49. The van der Waals surface area contributed by atoms with Crippen molar-refractivity contribution in [3.8, 4) is 6.07 Å². The standard InChI is InChI=1S/C38H68FNO3Si/c1-8-9-10-11-12-13-14-15-16-17-18-19-20-21-22-23-24-41-30-38(31-43-44(32(2)3,33(4)5)34(6)7)42-29-36-25-35(28-40)26-37(39)27-36/h25-27,32-34,38H,8-24,29-31H2,1-7H3. The van der Waals surface area contributed by atoms with Gasteiger partial charge in [-0.25, -0.2) is 4.39 Å². The molecule has 44 heavy (non-hydrogen) atoms. The zero-order valence-corrected chi connectivity index (χ0v) is 30.7. The molecule has 0 bridgehead atoms. The highest BCUT2D eigenvalue weighted by Gasteiger charge is 2.45. The zero-order valence-electron chi connectivity index (χ0n) is 29.7. The van der Waals surface area contributed by atoms with Gasteiger partial charge < -0.3 is 13.9 Å². The summed E-state index contributed by atoms with van der Waals surface area (Å²) in [5, 5.41) is 9.22. The van der Waals surface area contributed by atoms with E-state index >= 15 is 0 Å². The fraction of sp³-hybridized carbons (Fsp3) is 0.816. The number of nitriles is 1. The van der Waals surface area contributed by atoms with Crippen LogP contribution in [0.3, 0.4) is 0 Å². The minimum atomic E-state index is -2.06. The topological polar surface area (TPSA) is 51.5 Å². The highest BCUT2D eigenvalue weighted by Crippen LogP contribution is 2.42. The van der Waals surface area contributed by atoms with Gasteiger partial charge in [-0.05, 0) is 46.8 Å². The molecular weight excluding hydrogens is 566 g/mol. The van der Waals surface area contributed by atoms with Crippen LogP contribution in [0.25, 0.3) is 0 Å². The van der Waals surface area contributed by atoms with Gasteiger partial charge in [0.2, 0.25) is 0 Å². The van der Waals surface area contributed by atoms with Gasteiger partial charge >= 0.3 is 0 Å². The molecule has 1 atom stereocenters. The van der Waals surface area contributed by atoms with Crippen LogP contribution >= 0.6 is 0 Å². The molecule has 0 saturated carbocycles. The van der Waals surface area contributed by atoms with Crippen LogP contribution in [-0.4, -0.2) is 34.2 Å². The predicted octanol–water partition coefficient (Wildman–Crippen LogP) is 12.1. The number of hydrogen-bond donors (Lipinski definition) is 0. The molecule has 0 radical (unpaired) electrons. The van der Waals surface area contributed by atoms with Crippen molar-refractivity contribution in [1.82, 2.24) is 0 Å². The van der Waals surface area contributed by atoms with Crippen LogP contribution in [0.15, 0.2) is 18.2 Å². The lowest BCUT2D eigenvalue weighted by atomic mass is 10.0. The molecule has 1 unspecified atom stereocenters. The summed E-state index contributed by atoms with van der Waals surface area (Å²) in [7, 11) is -2.06. The quantitative estimate of drug-likeness (QED) is 0.0680. The summed E-state index contributed by atoms with van der Waals surface area (Å²) in [6.45, 7) is 17.9. The molecule has 254 valence electrons. The van der Waals surface area contributed by atoms with Gasteiger partial charge in [0.1, 0.15) is 11.9 Å². The zero-order chi connectivity index (χ0) is 32.6. The fourth-order valence-corrected chi connectivity index (χ4v) is 12.3. The van der Waals surface area contributed by atoms with Crippen molar-refractivity contribution < 1.29 is 18.3 Å². The van der Waals surface area contributed by atoms with Crippen LogP contribution in [0.2, 0.25) is 16.6 Å². The third-order valence-electron chi connectivity index (χ3n) is 9.24. The van der Waals surface area contributed by atoms with E-state index in [0.29, 0.717) is 41.0 Å². The first-order valence-corrected chi connectivity index (χ1v) is 20.3. The molecule has 1 rings (SSSR count). The minimum absolute atomic E-state index is 0.225. The maximum atomic E-state index is 14.0. The van der Waals surface area contributed by atoms with Gasteiger partial charge in [-0.2, -0.15) is 5.26 Å². The molecule has 0 saturated heterocycles. The SMILES string of the molecule is CCCCCCCCCCCCCCCCCCOCC(CO[Si](C(C)C)(C(C)C)C(C)C)OCc1cc(F)cc(C#N)c1. The maximum absolute atomic E-state index is 14.0. The Hall–Kier alpha value is -1.26. The molecular formula is C38H68FNO3Si. The Morgan fingerprint density at radius 2 is 1.16 bits per heavy atom. The lowest BCUT2D eigenvalue weighted by molar-refractivity contribution is -0.0483. The van der Waals surface area contributed by atoms with E-state index in [1.54, 1.807) is 6.07 Å². The van der Waals surface area contributed by atoms with E-state index in [9.17, 15) is 9.65 Å². The summed E-state index contributed by atoms with van der Waals surface area (Å²) >= 11 is 0. The Labute approximate surface area is 273 Å². The predicted molar refractivity (Wildman–Crippen MR) is 187 cm³/mol. The molecule has 1 aromatic carbocycles. The van der Waals surface area contributed by atoms with Crippen LogP contribution < -0.4 is 0 Å². The van der Waals surface area contributed by atoms with Crippen molar-refractivity contribution in [1.29, 1.82) is 5.26 Å². The normalized spacial score (nSPS) is 12.9. The molecule has 6 heteroatoms. The summed E-state index contributed by atoms with van der Waals surface area (Å²) in [4.78, 5) is 0. The van der Waals surface area contributed by atoms with Gasteiger partial charge in [-0.15, -0.1) is 0 Å². The fourth-order valence-electron chi connectivity index (χ4n) is 6.86. The first-order valence-electron chi connectivity index (χ1n) is 18.2. The second-order valence-corrected chi connectivity index (χ2v) is 19.4. The second-order valence-electron chi connectivity index (χ2n) is 13.9. The van der Waals surface area contributed by atoms with Gasteiger partial charge in [-0.1, -0.05) is 145 Å². The monoisotopic (exact) mass is 633 g/mol. The largest absolute Gasteiger partial charge is 0.413 e. The first kappa shape index (κ1) is 40.8. The van der Waals surface area contributed by atoms with E-state index in [4.69, 9.17) is 13.9 Å². The van der Waals surface area contributed by atoms with Gasteiger partial charge in [0.15, 0.2) is 8.32 Å². The molecule has 0 aliphatic rings. The Morgan fingerprint density at radius 3 is 1.61 bits per heavy atom. The Bertz CT molecular complexity index is 864. The number of halogens is 1. The van der Waals surface area contributed by atoms with Crippen LogP contribution in [-0.2, 0) is 20.5 Å². The van der Waals surface area contributed by atoms with E-state index in [1.807, 2.05) is 6.07 Å². The lowest BCUT2D eigenvalue weighted by Gasteiger charge is -2.43. The summed E-state index contributed by atoms with van der Waals surface area (Å²) in [6, 6.07) is 6.40. The van der Waals surface area contributed by atoms with Crippen LogP contribution in [0.5, 0.6) is 0 Å². The van der Waals surface area contributed by atoms with E-state index in [1.165, 1.54) is 108 Å². The summed E-state index contributed by atoms with van der Waals surface area (Å²) in [5.41, 5.74) is 2.41. The minimum Gasteiger partial charge on any atom is -0.413 e. The Balaban J connectivity index is 2.38. The number of ether oxygens (including phenoxy) is 2.